The highest BCUT2D eigenvalue weighted by molar-refractivity contribution is 7.89. The minimum absolute atomic E-state index is 0.00452. The average molecular weight is 315 g/mol. The quantitative estimate of drug-likeness (QED) is 0.841. The van der Waals surface area contributed by atoms with Gasteiger partial charge in [0.25, 0.3) is 0 Å². The Bertz CT molecular complexity index is 572. The van der Waals surface area contributed by atoms with E-state index in [0.717, 1.165) is 18.2 Å². The van der Waals surface area contributed by atoms with Gasteiger partial charge in [-0.2, -0.15) is 17.5 Å². The number of nitrogens with zero attached hydrogens (tertiary/aromatic N) is 1. The Morgan fingerprint density at radius 2 is 1.90 bits per heavy atom. The highest BCUT2D eigenvalue weighted by Crippen LogP contribution is 2.24. The molecule has 1 N–H and O–H groups in total. The van der Waals surface area contributed by atoms with E-state index in [2.05, 4.69) is 0 Å². The number of benzene rings is 1. The van der Waals surface area contributed by atoms with Crippen molar-refractivity contribution in [2.45, 2.75) is 18.0 Å². The third kappa shape index (κ3) is 4.15. The summed E-state index contributed by atoms with van der Waals surface area (Å²) in [7, 11) is -4.46. The normalized spacial score (nSPS) is 12.9. The Morgan fingerprint density at radius 3 is 2.35 bits per heavy atom. The monoisotopic (exact) mass is 315 g/mol. The third-order valence-corrected chi connectivity index (χ3v) is 4.47. The van der Waals surface area contributed by atoms with E-state index < -0.39 is 46.6 Å². The van der Waals surface area contributed by atoms with Gasteiger partial charge < -0.3 is 5.11 Å². The molecule has 0 bridgehead atoms. The van der Waals surface area contributed by atoms with Crippen LogP contribution in [-0.2, 0) is 10.0 Å². The van der Waals surface area contributed by atoms with Crippen LogP contribution in [-0.4, -0.2) is 43.7 Å². The summed E-state index contributed by atoms with van der Waals surface area (Å²) in [5.41, 5.74) is -0.00452. The van der Waals surface area contributed by atoms with Crippen LogP contribution in [0.25, 0.3) is 0 Å². The predicted molar refractivity (Wildman–Crippen MR) is 63.0 cm³/mol. The first-order valence-electron chi connectivity index (χ1n) is 5.52. The second-order valence-corrected chi connectivity index (χ2v) is 5.99. The van der Waals surface area contributed by atoms with Crippen molar-refractivity contribution in [3.05, 3.63) is 29.6 Å². The minimum Gasteiger partial charge on any atom is -0.395 e. The number of halogens is 4. The summed E-state index contributed by atoms with van der Waals surface area (Å²) in [4.78, 5) is -0.420. The van der Waals surface area contributed by atoms with Crippen molar-refractivity contribution < 1.29 is 31.1 Å². The zero-order valence-electron chi connectivity index (χ0n) is 10.5. The Hall–Kier alpha value is -1.19. The van der Waals surface area contributed by atoms with Crippen molar-refractivity contribution in [3.63, 3.8) is 0 Å². The Kier molecular flexibility index (Phi) is 5.11. The number of rotatable bonds is 5. The van der Waals surface area contributed by atoms with Gasteiger partial charge in [-0.05, 0) is 30.7 Å². The van der Waals surface area contributed by atoms with Crippen LogP contribution in [0.1, 0.15) is 5.56 Å². The summed E-state index contributed by atoms with van der Waals surface area (Å²) < 4.78 is 74.5. The van der Waals surface area contributed by atoms with Crippen LogP contribution in [0.5, 0.6) is 0 Å². The molecule has 0 aliphatic heterocycles. The molecule has 1 rings (SSSR count). The van der Waals surface area contributed by atoms with E-state index in [1.165, 1.54) is 6.92 Å². The van der Waals surface area contributed by atoms with Gasteiger partial charge in [0, 0.05) is 6.54 Å². The zero-order valence-corrected chi connectivity index (χ0v) is 11.3. The van der Waals surface area contributed by atoms with E-state index in [4.69, 9.17) is 5.11 Å². The SMILES string of the molecule is Cc1cc(F)ccc1S(=O)(=O)N(CCO)CC(F)(F)F. The maximum absolute atomic E-state index is 12.9. The second kappa shape index (κ2) is 6.06. The summed E-state index contributed by atoms with van der Waals surface area (Å²) in [6, 6.07) is 2.67. The van der Waals surface area contributed by atoms with Crippen LogP contribution >= 0.6 is 0 Å². The maximum Gasteiger partial charge on any atom is 0.402 e. The molecular weight excluding hydrogens is 302 g/mol. The lowest BCUT2D eigenvalue weighted by Gasteiger charge is -2.23. The van der Waals surface area contributed by atoms with Gasteiger partial charge in [-0.15, -0.1) is 0 Å². The first-order chi connectivity index (χ1) is 9.08. The minimum atomic E-state index is -4.74. The highest BCUT2D eigenvalue weighted by atomic mass is 32.2. The number of hydrogen-bond acceptors (Lipinski definition) is 3. The molecule has 4 nitrogen and oxygen atoms in total. The number of aliphatic hydroxyl groups excluding tert-OH is 1. The average Bonchev–Trinajstić information content (AvgIpc) is 2.26. The summed E-state index contributed by atoms with van der Waals surface area (Å²) in [6.07, 6.45) is -4.74. The van der Waals surface area contributed by atoms with Gasteiger partial charge in [-0.3, -0.25) is 0 Å². The predicted octanol–water partition coefficient (Wildman–Crippen LogP) is 1.68. The van der Waals surface area contributed by atoms with Gasteiger partial charge in [-0.1, -0.05) is 0 Å². The lowest BCUT2D eigenvalue weighted by Crippen LogP contribution is -2.40. The smallest absolute Gasteiger partial charge is 0.395 e. The molecule has 0 unspecified atom stereocenters. The number of hydrogen-bond donors (Lipinski definition) is 1. The van der Waals surface area contributed by atoms with Crippen LogP contribution in [0.15, 0.2) is 23.1 Å². The van der Waals surface area contributed by atoms with E-state index in [-0.39, 0.29) is 9.87 Å². The van der Waals surface area contributed by atoms with Crippen molar-refractivity contribution >= 4 is 10.0 Å². The molecule has 0 spiro atoms. The molecule has 0 radical (unpaired) electrons. The molecule has 9 heteroatoms. The van der Waals surface area contributed by atoms with Gasteiger partial charge in [-0.25, -0.2) is 12.8 Å². The second-order valence-electron chi connectivity index (χ2n) is 4.09. The van der Waals surface area contributed by atoms with Gasteiger partial charge in [0.05, 0.1) is 11.5 Å². The maximum atomic E-state index is 12.9. The van der Waals surface area contributed by atoms with Gasteiger partial charge in [0.1, 0.15) is 12.4 Å². The molecule has 0 saturated heterocycles. The van der Waals surface area contributed by atoms with Crippen LogP contribution in [0.4, 0.5) is 17.6 Å². The van der Waals surface area contributed by atoms with E-state index in [1.54, 1.807) is 0 Å². The molecule has 0 atom stereocenters. The van der Waals surface area contributed by atoms with Crippen LogP contribution in [0.3, 0.4) is 0 Å². The number of sulfonamides is 1. The van der Waals surface area contributed by atoms with Crippen LogP contribution < -0.4 is 0 Å². The van der Waals surface area contributed by atoms with Crippen molar-refractivity contribution in [2.75, 3.05) is 19.7 Å². The summed E-state index contributed by atoms with van der Waals surface area (Å²) >= 11 is 0. The highest BCUT2D eigenvalue weighted by Gasteiger charge is 2.37. The summed E-state index contributed by atoms with van der Waals surface area (Å²) in [6.45, 7) is -1.89. The van der Waals surface area contributed by atoms with Crippen molar-refractivity contribution in [2.24, 2.45) is 0 Å². The molecule has 20 heavy (non-hydrogen) atoms. The number of alkyl halides is 3. The first-order valence-corrected chi connectivity index (χ1v) is 6.96. The molecular formula is C11H13F4NO3S. The van der Waals surface area contributed by atoms with Crippen LogP contribution in [0.2, 0.25) is 0 Å². The lowest BCUT2D eigenvalue weighted by atomic mass is 10.2. The fourth-order valence-corrected chi connectivity index (χ4v) is 3.26. The third-order valence-electron chi connectivity index (χ3n) is 2.46. The van der Waals surface area contributed by atoms with Crippen molar-refractivity contribution in [1.29, 1.82) is 0 Å². The molecule has 0 fully saturated rings. The molecule has 0 saturated carbocycles. The summed E-state index contributed by atoms with van der Waals surface area (Å²) in [5.74, 6) is -0.689. The molecule has 0 aliphatic rings. The molecule has 0 aromatic heterocycles. The molecule has 0 aliphatic carbocycles. The molecule has 0 amide bonds. The number of aliphatic hydroxyl groups is 1. The molecule has 1 aromatic rings. The Morgan fingerprint density at radius 1 is 1.30 bits per heavy atom. The first kappa shape index (κ1) is 16.9. The largest absolute Gasteiger partial charge is 0.402 e. The van der Waals surface area contributed by atoms with E-state index in [9.17, 15) is 26.0 Å². The summed E-state index contributed by atoms with van der Waals surface area (Å²) in [5, 5.41) is 8.72. The van der Waals surface area contributed by atoms with Gasteiger partial charge in [0.2, 0.25) is 10.0 Å². The molecule has 114 valence electrons. The lowest BCUT2D eigenvalue weighted by molar-refractivity contribution is -0.136. The topological polar surface area (TPSA) is 57.6 Å². The zero-order chi connectivity index (χ0) is 15.6. The van der Waals surface area contributed by atoms with Crippen molar-refractivity contribution in [3.8, 4) is 0 Å². The fraction of sp³-hybridized carbons (Fsp3) is 0.455. The fourth-order valence-electron chi connectivity index (χ4n) is 1.64. The Balaban J connectivity index is 3.22. The van der Waals surface area contributed by atoms with Gasteiger partial charge >= 0.3 is 6.18 Å². The number of aryl methyl sites for hydroxylation is 1. The molecule has 1 aromatic carbocycles. The van der Waals surface area contributed by atoms with Gasteiger partial charge in [0.15, 0.2) is 0 Å². The standard InChI is InChI=1S/C11H13F4NO3S/c1-8-6-9(12)2-3-10(8)20(18,19)16(4-5-17)7-11(13,14)15/h2-3,6,17H,4-5,7H2,1H3. The van der Waals surface area contributed by atoms with Crippen molar-refractivity contribution in [1.82, 2.24) is 4.31 Å². The Labute approximate surface area is 113 Å². The van der Waals surface area contributed by atoms with E-state index in [0.29, 0.717) is 0 Å². The van der Waals surface area contributed by atoms with Crippen LogP contribution in [0, 0.1) is 12.7 Å². The molecule has 0 heterocycles. The van der Waals surface area contributed by atoms with E-state index >= 15 is 0 Å². The van der Waals surface area contributed by atoms with E-state index in [1.807, 2.05) is 0 Å².